The summed E-state index contributed by atoms with van der Waals surface area (Å²) in [5.74, 6) is 0.311. The van der Waals surface area contributed by atoms with Gasteiger partial charge < -0.3 is 9.64 Å². The number of benzene rings is 1. The Kier molecular flexibility index (Phi) is 2.48. The average molecular weight is 282 g/mol. The number of anilines is 1. The number of nitrogens with zero attached hydrogens (tertiary/aromatic N) is 1. The third kappa shape index (κ3) is 1.66. The molecule has 0 aliphatic carbocycles. The normalized spacial score (nSPS) is 19.3. The lowest BCUT2D eigenvalue weighted by Gasteiger charge is -2.35. The highest BCUT2D eigenvalue weighted by Gasteiger charge is 2.27. The van der Waals surface area contributed by atoms with Crippen molar-refractivity contribution in [2.45, 2.75) is 13.0 Å². The van der Waals surface area contributed by atoms with Crippen LogP contribution in [0.1, 0.15) is 11.1 Å². The second kappa shape index (κ2) is 3.86. The summed E-state index contributed by atoms with van der Waals surface area (Å²) in [5, 5.41) is 0. The van der Waals surface area contributed by atoms with Crippen molar-refractivity contribution in [1.29, 1.82) is 0 Å². The van der Waals surface area contributed by atoms with Gasteiger partial charge in [-0.1, -0.05) is 15.9 Å². The number of carbonyl (C=O) groups excluding carboxylic acids is 1. The van der Waals surface area contributed by atoms with Crippen LogP contribution >= 0.6 is 15.9 Å². The van der Waals surface area contributed by atoms with Gasteiger partial charge in [0.15, 0.2) is 5.78 Å². The predicted octanol–water partition coefficient (Wildman–Crippen LogP) is 1.91. The molecule has 0 unspecified atom stereocenters. The molecule has 2 aliphatic heterocycles. The fraction of sp³-hybridized carbons (Fsp3) is 0.417. The Bertz CT molecular complexity index is 451. The number of Topliss-reactive ketones (excluding diaryl/α,β-unsaturated/α-hetero) is 1. The van der Waals surface area contributed by atoms with Crippen LogP contribution in [0.3, 0.4) is 0 Å². The van der Waals surface area contributed by atoms with Crippen LogP contribution in [0.25, 0.3) is 0 Å². The Morgan fingerprint density at radius 3 is 2.88 bits per heavy atom. The molecular formula is C12H12BrNO2. The minimum atomic E-state index is 0.311. The number of halogens is 1. The zero-order valence-electron chi connectivity index (χ0n) is 8.83. The topological polar surface area (TPSA) is 29.5 Å². The van der Waals surface area contributed by atoms with Crippen molar-refractivity contribution in [3.8, 4) is 0 Å². The van der Waals surface area contributed by atoms with Gasteiger partial charge in [0.2, 0.25) is 0 Å². The summed E-state index contributed by atoms with van der Waals surface area (Å²) < 4.78 is 6.58. The number of hydrogen-bond acceptors (Lipinski definition) is 3. The van der Waals surface area contributed by atoms with Crippen LogP contribution in [0, 0.1) is 0 Å². The number of ketones is 1. The highest BCUT2D eigenvalue weighted by molar-refractivity contribution is 9.10. The van der Waals surface area contributed by atoms with E-state index in [2.05, 4.69) is 33.0 Å². The minimum absolute atomic E-state index is 0.311. The van der Waals surface area contributed by atoms with Crippen LogP contribution in [-0.2, 0) is 22.6 Å². The molecule has 1 aromatic rings. The van der Waals surface area contributed by atoms with Crippen molar-refractivity contribution in [1.82, 2.24) is 0 Å². The molecule has 1 saturated heterocycles. The van der Waals surface area contributed by atoms with Gasteiger partial charge in [-0.15, -0.1) is 0 Å². The molecule has 1 fully saturated rings. The molecule has 84 valence electrons. The van der Waals surface area contributed by atoms with Crippen LogP contribution < -0.4 is 4.90 Å². The maximum Gasteiger partial charge on any atom is 0.171 e. The number of carbonyl (C=O) groups is 1. The standard InChI is InChI=1S/C12H12BrNO2/c13-9-3-8-1-2-16-7-11(8)12(4-9)14-5-10(15)6-14/h3-4H,1-2,5-7H2. The fourth-order valence-corrected chi connectivity index (χ4v) is 2.75. The first-order chi connectivity index (χ1) is 7.74. The molecule has 4 heteroatoms. The molecule has 3 nitrogen and oxygen atoms in total. The Morgan fingerprint density at radius 1 is 1.31 bits per heavy atom. The maximum atomic E-state index is 11.1. The Balaban J connectivity index is 2.02. The molecule has 0 aromatic heterocycles. The van der Waals surface area contributed by atoms with Gasteiger partial charge in [-0.25, -0.2) is 0 Å². The highest BCUT2D eigenvalue weighted by Crippen LogP contribution is 2.33. The first kappa shape index (κ1) is 10.3. The molecule has 2 aliphatic rings. The molecule has 2 heterocycles. The molecule has 0 atom stereocenters. The largest absolute Gasteiger partial charge is 0.376 e. The van der Waals surface area contributed by atoms with Crippen LogP contribution in [0.2, 0.25) is 0 Å². The van der Waals surface area contributed by atoms with Gasteiger partial charge in [-0.2, -0.15) is 0 Å². The smallest absolute Gasteiger partial charge is 0.171 e. The highest BCUT2D eigenvalue weighted by atomic mass is 79.9. The van der Waals surface area contributed by atoms with Gasteiger partial charge in [-0.05, 0) is 24.1 Å². The number of hydrogen-bond donors (Lipinski definition) is 0. The first-order valence-electron chi connectivity index (χ1n) is 5.40. The van der Waals surface area contributed by atoms with E-state index in [1.807, 2.05) is 0 Å². The predicted molar refractivity (Wildman–Crippen MR) is 64.7 cm³/mol. The average Bonchev–Trinajstić information content (AvgIpc) is 2.24. The van der Waals surface area contributed by atoms with Crippen molar-refractivity contribution in [3.63, 3.8) is 0 Å². The third-order valence-corrected chi connectivity index (χ3v) is 3.58. The summed E-state index contributed by atoms with van der Waals surface area (Å²) in [7, 11) is 0. The van der Waals surface area contributed by atoms with Crippen molar-refractivity contribution in [2.24, 2.45) is 0 Å². The lowest BCUT2D eigenvalue weighted by atomic mass is 9.99. The summed E-state index contributed by atoms with van der Waals surface area (Å²) in [4.78, 5) is 13.2. The number of rotatable bonds is 1. The lowest BCUT2D eigenvalue weighted by Crippen LogP contribution is -2.48. The van der Waals surface area contributed by atoms with Crippen molar-refractivity contribution < 1.29 is 9.53 Å². The van der Waals surface area contributed by atoms with Gasteiger partial charge >= 0.3 is 0 Å². The Hall–Kier alpha value is -0.870. The molecule has 0 saturated carbocycles. The fourth-order valence-electron chi connectivity index (χ4n) is 2.26. The molecule has 0 N–H and O–H groups in total. The van der Waals surface area contributed by atoms with E-state index in [0.29, 0.717) is 25.5 Å². The molecule has 0 radical (unpaired) electrons. The summed E-state index contributed by atoms with van der Waals surface area (Å²) in [6.45, 7) is 2.55. The monoisotopic (exact) mass is 281 g/mol. The molecule has 0 spiro atoms. The van der Waals surface area contributed by atoms with Gasteiger partial charge in [0.1, 0.15) is 0 Å². The van der Waals surface area contributed by atoms with E-state index in [1.54, 1.807) is 0 Å². The lowest BCUT2D eigenvalue weighted by molar-refractivity contribution is -0.119. The van der Waals surface area contributed by atoms with Crippen LogP contribution in [0.4, 0.5) is 5.69 Å². The molecule has 0 bridgehead atoms. The van der Waals surface area contributed by atoms with Crippen LogP contribution in [0.5, 0.6) is 0 Å². The van der Waals surface area contributed by atoms with E-state index in [0.717, 1.165) is 23.2 Å². The molecule has 3 rings (SSSR count). The second-order valence-corrected chi connectivity index (χ2v) is 5.18. The third-order valence-electron chi connectivity index (χ3n) is 3.12. The molecule has 16 heavy (non-hydrogen) atoms. The van der Waals surface area contributed by atoms with E-state index >= 15 is 0 Å². The first-order valence-corrected chi connectivity index (χ1v) is 6.19. The summed E-state index contributed by atoms with van der Waals surface area (Å²) in [6, 6.07) is 4.24. The van der Waals surface area contributed by atoms with E-state index in [-0.39, 0.29) is 0 Å². The van der Waals surface area contributed by atoms with E-state index in [9.17, 15) is 4.79 Å². The van der Waals surface area contributed by atoms with Gasteiger partial charge in [-0.3, -0.25) is 4.79 Å². The Morgan fingerprint density at radius 2 is 2.12 bits per heavy atom. The zero-order valence-corrected chi connectivity index (χ0v) is 10.4. The van der Waals surface area contributed by atoms with Crippen molar-refractivity contribution >= 4 is 27.4 Å². The minimum Gasteiger partial charge on any atom is -0.376 e. The van der Waals surface area contributed by atoms with E-state index in [1.165, 1.54) is 11.1 Å². The molecule has 1 aromatic carbocycles. The summed E-state index contributed by atoms with van der Waals surface area (Å²) in [5.41, 5.74) is 3.75. The van der Waals surface area contributed by atoms with Crippen molar-refractivity contribution in [3.05, 3.63) is 27.7 Å². The zero-order chi connectivity index (χ0) is 11.1. The van der Waals surface area contributed by atoms with Crippen molar-refractivity contribution in [2.75, 3.05) is 24.6 Å². The van der Waals surface area contributed by atoms with Crippen LogP contribution in [-0.4, -0.2) is 25.5 Å². The van der Waals surface area contributed by atoms with Crippen LogP contribution in [0.15, 0.2) is 16.6 Å². The summed E-state index contributed by atoms with van der Waals surface area (Å²) in [6.07, 6.45) is 0.962. The van der Waals surface area contributed by atoms with E-state index in [4.69, 9.17) is 4.74 Å². The van der Waals surface area contributed by atoms with E-state index < -0.39 is 0 Å². The molecular weight excluding hydrogens is 270 g/mol. The van der Waals surface area contributed by atoms with Gasteiger partial charge in [0.25, 0.3) is 0 Å². The number of ether oxygens (including phenoxy) is 1. The van der Waals surface area contributed by atoms with Gasteiger partial charge in [0, 0.05) is 15.7 Å². The SMILES string of the molecule is O=C1CN(c2cc(Br)cc3c2COCC3)C1. The number of fused-ring (bicyclic) bond motifs is 1. The Labute approximate surface area is 103 Å². The van der Waals surface area contributed by atoms with Gasteiger partial charge in [0.05, 0.1) is 26.3 Å². The molecule has 0 amide bonds. The quantitative estimate of drug-likeness (QED) is 0.788. The second-order valence-electron chi connectivity index (χ2n) is 4.26. The summed E-state index contributed by atoms with van der Waals surface area (Å²) >= 11 is 3.53. The maximum absolute atomic E-state index is 11.1.